The van der Waals surface area contributed by atoms with Gasteiger partial charge < -0.3 is 15.2 Å². The largest absolute Gasteiger partial charge is 0.471 e. The molecule has 0 bridgehead atoms. The Labute approximate surface area is 130 Å². The molecule has 2 aliphatic carbocycles. The molecule has 0 saturated heterocycles. The predicted octanol–water partition coefficient (Wildman–Crippen LogP) is 1.85. The van der Waals surface area contributed by atoms with Gasteiger partial charge in [0.25, 0.3) is 0 Å². The summed E-state index contributed by atoms with van der Waals surface area (Å²) in [5.74, 6) is 1.56. The van der Waals surface area contributed by atoms with E-state index in [9.17, 15) is 5.11 Å². The first-order valence-electron chi connectivity index (χ1n) is 8.44. The number of aryl methyl sites for hydroxylation is 1. The van der Waals surface area contributed by atoms with Gasteiger partial charge in [-0.1, -0.05) is 12.2 Å². The van der Waals surface area contributed by atoms with Gasteiger partial charge in [-0.2, -0.15) is 4.98 Å². The van der Waals surface area contributed by atoms with Crippen molar-refractivity contribution in [2.45, 2.75) is 63.2 Å². The number of hydrogen-bond acceptors (Lipinski definition) is 5. The molecule has 3 atom stereocenters. The van der Waals surface area contributed by atoms with Crippen molar-refractivity contribution in [2.75, 3.05) is 6.54 Å². The first kappa shape index (κ1) is 14.2. The van der Waals surface area contributed by atoms with Gasteiger partial charge in [-0.25, -0.2) is 4.98 Å². The Hall–Kier alpha value is -1.46. The number of fused-ring (bicyclic) bond motifs is 1. The maximum Gasteiger partial charge on any atom is 0.220 e. The summed E-state index contributed by atoms with van der Waals surface area (Å²) < 4.78 is 6.12. The van der Waals surface area contributed by atoms with Crippen molar-refractivity contribution in [1.82, 2.24) is 15.3 Å². The number of hydrogen-bond donors (Lipinski definition) is 2. The van der Waals surface area contributed by atoms with Crippen LogP contribution < -0.4 is 10.1 Å². The molecule has 3 aliphatic rings. The second-order valence-corrected chi connectivity index (χ2v) is 6.49. The van der Waals surface area contributed by atoms with Gasteiger partial charge in [0.05, 0.1) is 17.8 Å². The fourth-order valence-corrected chi connectivity index (χ4v) is 3.66. The standard InChI is InChI=1S/C17H23N3O2/c21-14-8-4-9-15(14)22-17-11-5-3-7-12(11)19-16(20-17)13-6-1-2-10-18-13/h1-2,13-15,18,21H,3-10H2/t13?,14-,15-/m1/s1. The quantitative estimate of drug-likeness (QED) is 0.834. The zero-order valence-electron chi connectivity index (χ0n) is 12.8. The molecular formula is C17H23N3O2. The Balaban J connectivity index is 1.64. The number of aliphatic hydroxyl groups is 1. The highest BCUT2D eigenvalue weighted by Crippen LogP contribution is 2.33. The van der Waals surface area contributed by atoms with Crippen molar-refractivity contribution in [2.24, 2.45) is 0 Å². The molecule has 0 aromatic carbocycles. The van der Waals surface area contributed by atoms with Gasteiger partial charge >= 0.3 is 0 Å². The van der Waals surface area contributed by atoms with Crippen molar-refractivity contribution in [3.05, 3.63) is 29.2 Å². The Bertz CT molecular complexity index is 588. The molecule has 0 radical (unpaired) electrons. The van der Waals surface area contributed by atoms with E-state index in [0.29, 0.717) is 0 Å². The number of nitrogens with zero attached hydrogens (tertiary/aromatic N) is 2. The molecule has 118 valence electrons. The number of rotatable bonds is 3. The molecule has 1 unspecified atom stereocenters. The lowest BCUT2D eigenvalue weighted by molar-refractivity contribution is 0.0564. The first-order valence-corrected chi connectivity index (χ1v) is 8.44. The van der Waals surface area contributed by atoms with E-state index in [1.54, 1.807) is 0 Å². The number of nitrogens with one attached hydrogen (secondary N) is 1. The van der Waals surface area contributed by atoms with Crippen LogP contribution in [0, 0.1) is 0 Å². The summed E-state index contributed by atoms with van der Waals surface area (Å²) in [6.07, 6.45) is 10.7. The lowest BCUT2D eigenvalue weighted by Gasteiger charge is -2.22. The van der Waals surface area contributed by atoms with Gasteiger partial charge in [0.15, 0.2) is 0 Å². The van der Waals surface area contributed by atoms with E-state index in [4.69, 9.17) is 14.7 Å². The molecule has 4 rings (SSSR count). The molecule has 1 fully saturated rings. The molecule has 0 spiro atoms. The highest BCUT2D eigenvalue weighted by Gasteiger charge is 2.30. The van der Waals surface area contributed by atoms with E-state index in [1.807, 2.05) is 0 Å². The van der Waals surface area contributed by atoms with Gasteiger partial charge in [0.2, 0.25) is 5.88 Å². The van der Waals surface area contributed by atoms with E-state index in [2.05, 4.69) is 17.5 Å². The molecule has 1 saturated carbocycles. The predicted molar refractivity (Wildman–Crippen MR) is 82.8 cm³/mol. The highest BCUT2D eigenvalue weighted by atomic mass is 16.5. The molecule has 1 aliphatic heterocycles. The summed E-state index contributed by atoms with van der Waals surface area (Å²) in [7, 11) is 0. The van der Waals surface area contributed by atoms with Crippen LogP contribution in [0.25, 0.3) is 0 Å². The van der Waals surface area contributed by atoms with Crippen LogP contribution in [0.5, 0.6) is 5.88 Å². The minimum Gasteiger partial charge on any atom is -0.471 e. The summed E-state index contributed by atoms with van der Waals surface area (Å²) in [5, 5.41) is 13.5. The molecular weight excluding hydrogens is 278 g/mol. The summed E-state index contributed by atoms with van der Waals surface area (Å²) in [6, 6.07) is 0.173. The van der Waals surface area contributed by atoms with Crippen molar-refractivity contribution < 1.29 is 9.84 Å². The van der Waals surface area contributed by atoms with E-state index < -0.39 is 0 Å². The average Bonchev–Trinajstić information content (AvgIpc) is 3.17. The summed E-state index contributed by atoms with van der Waals surface area (Å²) in [5.41, 5.74) is 2.30. The number of ether oxygens (including phenoxy) is 1. The van der Waals surface area contributed by atoms with Gasteiger partial charge in [-0.05, 0) is 44.9 Å². The van der Waals surface area contributed by atoms with Crippen LogP contribution >= 0.6 is 0 Å². The number of aliphatic hydroxyl groups excluding tert-OH is 1. The topological polar surface area (TPSA) is 67.3 Å². The summed E-state index contributed by atoms with van der Waals surface area (Å²) >= 11 is 0. The first-order chi connectivity index (χ1) is 10.8. The molecule has 2 heterocycles. The van der Waals surface area contributed by atoms with Gasteiger partial charge in [-0.3, -0.25) is 0 Å². The SMILES string of the molecule is O[C@@H]1CCC[C@H]1Oc1nc(C2CC=CCN2)nc2c1CCC2. The van der Waals surface area contributed by atoms with Crippen molar-refractivity contribution >= 4 is 0 Å². The van der Waals surface area contributed by atoms with Crippen LogP contribution in [0.2, 0.25) is 0 Å². The van der Waals surface area contributed by atoms with Crippen molar-refractivity contribution in [3.8, 4) is 5.88 Å². The Morgan fingerprint density at radius 3 is 2.86 bits per heavy atom. The van der Waals surface area contributed by atoms with Crippen LogP contribution in [0.1, 0.15) is 55.2 Å². The van der Waals surface area contributed by atoms with Crippen molar-refractivity contribution in [3.63, 3.8) is 0 Å². The van der Waals surface area contributed by atoms with Gasteiger partial charge in [0, 0.05) is 12.1 Å². The average molecular weight is 301 g/mol. The third-order valence-corrected chi connectivity index (χ3v) is 4.93. The fourth-order valence-electron chi connectivity index (χ4n) is 3.66. The molecule has 5 nitrogen and oxygen atoms in total. The van der Waals surface area contributed by atoms with Crippen LogP contribution in [-0.4, -0.2) is 33.8 Å². The molecule has 5 heteroatoms. The summed E-state index contributed by atoms with van der Waals surface area (Å²) in [6.45, 7) is 0.864. The number of aromatic nitrogens is 2. The highest BCUT2D eigenvalue weighted by molar-refractivity contribution is 5.35. The van der Waals surface area contributed by atoms with Crippen LogP contribution in [0.3, 0.4) is 0 Å². The molecule has 1 aromatic rings. The van der Waals surface area contributed by atoms with Crippen LogP contribution in [0.4, 0.5) is 0 Å². The molecule has 1 aromatic heterocycles. The lowest BCUT2D eigenvalue weighted by Crippen LogP contribution is -2.29. The van der Waals surface area contributed by atoms with Crippen LogP contribution in [-0.2, 0) is 12.8 Å². The Morgan fingerprint density at radius 1 is 1.14 bits per heavy atom. The zero-order valence-corrected chi connectivity index (χ0v) is 12.8. The van der Waals surface area contributed by atoms with E-state index in [-0.39, 0.29) is 18.2 Å². The maximum atomic E-state index is 10.0. The van der Waals surface area contributed by atoms with Gasteiger partial charge in [0.1, 0.15) is 11.9 Å². The van der Waals surface area contributed by atoms with Gasteiger partial charge in [-0.15, -0.1) is 0 Å². The Morgan fingerprint density at radius 2 is 2.09 bits per heavy atom. The second kappa shape index (κ2) is 5.97. The van der Waals surface area contributed by atoms with E-state index in [0.717, 1.165) is 74.5 Å². The summed E-state index contributed by atoms with van der Waals surface area (Å²) in [4.78, 5) is 9.51. The lowest BCUT2D eigenvalue weighted by atomic mass is 10.1. The zero-order chi connectivity index (χ0) is 14.9. The molecule has 2 N–H and O–H groups in total. The smallest absolute Gasteiger partial charge is 0.220 e. The maximum absolute atomic E-state index is 10.0. The van der Waals surface area contributed by atoms with E-state index in [1.165, 1.54) is 0 Å². The molecule has 22 heavy (non-hydrogen) atoms. The van der Waals surface area contributed by atoms with Crippen molar-refractivity contribution in [1.29, 1.82) is 0 Å². The van der Waals surface area contributed by atoms with E-state index >= 15 is 0 Å². The Kier molecular flexibility index (Phi) is 3.84. The third-order valence-electron chi connectivity index (χ3n) is 4.93. The minimum atomic E-state index is -0.355. The molecule has 0 amide bonds. The monoisotopic (exact) mass is 301 g/mol. The minimum absolute atomic E-state index is 0.105. The fraction of sp³-hybridized carbons (Fsp3) is 0.647. The normalized spacial score (nSPS) is 30.5. The third kappa shape index (κ3) is 2.63. The second-order valence-electron chi connectivity index (χ2n) is 6.49. The van der Waals surface area contributed by atoms with Crippen LogP contribution in [0.15, 0.2) is 12.2 Å².